The molecule has 0 unspecified atom stereocenters. The minimum Gasteiger partial charge on any atom is -0.461 e. The highest BCUT2D eigenvalue weighted by molar-refractivity contribution is 6.29. The minimum absolute atomic E-state index is 0.333. The van der Waals surface area contributed by atoms with Crippen LogP contribution in [0.5, 0.6) is 11.5 Å². The van der Waals surface area contributed by atoms with E-state index in [-0.39, 0.29) is 5.97 Å². The summed E-state index contributed by atoms with van der Waals surface area (Å²) in [6.07, 6.45) is 1.58. The number of hydrogen-bond acceptors (Lipinski definition) is 4. The Morgan fingerprint density at radius 1 is 1.30 bits per heavy atom. The van der Waals surface area contributed by atoms with Crippen LogP contribution in [-0.2, 0) is 11.8 Å². The Balaban J connectivity index is 2.06. The first-order valence-corrected chi connectivity index (χ1v) is 7.53. The molecule has 1 aromatic carbocycles. The number of nitrogens with zero attached hydrogens (tertiary/aromatic N) is 2. The molecule has 0 amide bonds. The lowest BCUT2D eigenvalue weighted by atomic mass is 10.2. The molecule has 0 aliphatic carbocycles. The Bertz CT molecular complexity index is 873. The van der Waals surface area contributed by atoms with Crippen LogP contribution in [0.15, 0.2) is 42.6 Å². The molecule has 0 fully saturated rings. The van der Waals surface area contributed by atoms with Gasteiger partial charge in [0.15, 0.2) is 5.75 Å². The molecule has 3 aromatic rings. The van der Waals surface area contributed by atoms with E-state index in [1.807, 2.05) is 18.2 Å². The second-order valence-corrected chi connectivity index (χ2v) is 5.31. The lowest BCUT2D eigenvalue weighted by molar-refractivity contribution is 0.0516. The summed E-state index contributed by atoms with van der Waals surface area (Å²) in [5, 5.41) is 1.25. The van der Waals surface area contributed by atoms with Gasteiger partial charge in [0.2, 0.25) is 0 Å². The molecule has 6 heteroatoms. The number of benzene rings is 1. The highest BCUT2D eigenvalue weighted by atomic mass is 35.5. The van der Waals surface area contributed by atoms with Crippen molar-refractivity contribution in [3.8, 4) is 11.5 Å². The number of carbonyl (C=O) groups is 1. The zero-order valence-electron chi connectivity index (χ0n) is 12.7. The topological polar surface area (TPSA) is 53.4 Å². The van der Waals surface area contributed by atoms with Gasteiger partial charge >= 0.3 is 5.97 Å². The van der Waals surface area contributed by atoms with E-state index in [9.17, 15) is 4.79 Å². The zero-order valence-corrected chi connectivity index (χ0v) is 13.5. The monoisotopic (exact) mass is 330 g/mol. The summed E-state index contributed by atoms with van der Waals surface area (Å²) in [6.45, 7) is 2.11. The van der Waals surface area contributed by atoms with Gasteiger partial charge in [-0.2, -0.15) is 0 Å². The molecule has 0 radical (unpaired) electrons. The number of aryl methyl sites for hydroxylation is 1. The fourth-order valence-electron chi connectivity index (χ4n) is 2.44. The molecule has 5 nitrogen and oxygen atoms in total. The molecule has 0 N–H and O–H groups in total. The normalized spacial score (nSPS) is 10.7. The Morgan fingerprint density at radius 3 is 2.87 bits per heavy atom. The molecule has 0 atom stereocenters. The third-order valence-corrected chi connectivity index (χ3v) is 3.64. The molecular weight excluding hydrogens is 316 g/mol. The van der Waals surface area contributed by atoms with Crippen LogP contribution in [0.1, 0.15) is 17.4 Å². The lowest BCUT2D eigenvalue weighted by Gasteiger charge is -2.09. The Labute approximate surface area is 138 Å². The van der Waals surface area contributed by atoms with Crippen molar-refractivity contribution in [2.24, 2.45) is 7.05 Å². The predicted octanol–water partition coefficient (Wildman–Crippen LogP) is 4.20. The molecule has 0 aliphatic rings. The highest BCUT2D eigenvalue weighted by Gasteiger charge is 2.17. The smallest absolute Gasteiger partial charge is 0.354 e. The molecular formula is C17H15ClN2O3. The van der Waals surface area contributed by atoms with Gasteiger partial charge in [0.25, 0.3) is 0 Å². The van der Waals surface area contributed by atoms with Crippen LogP contribution in [-0.4, -0.2) is 22.1 Å². The summed E-state index contributed by atoms with van der Waals surface area (Å²) in [6, 6.07) is 10.8. The van der Waals surface area contributed by atoms with Gasteiger partial charge in [0.05, 0.1) is 12.1 Å². The quantitative estimate of drug-likeness (QED) is 0.531. The third kappa shape index (κ3) is 3.00. The molecule has 0 bridgehead atoms. The van der Waals surface area contributed by atoms with Crippen molar-refractivity contribution in [2.75, 3.05) is 6.61 Å². The second kappa shape index (κ2) is 6.30. The number of ether oxygens (including phenoxy) is 2. The van der Waals surface area contributed by atoms with Gasteiger partial charge in [0, 0.05) is 24.7 Å². The van der Waals surface area contributed by atoms with E-state index < -0.39 is 0 Å². The van der Waals surface area contributed by atoms with E-state index in [4.69, 9.17) is 21.1 Å². The van der Waals surface area contributed by atoms with E-state index in [1.165, 1.54) is 0 Å². The molecule has 0 aliphatic heterocycles. The van der Waals surface area contributed by atoms with Gasteiger partial charge in [-0.25, -0.2) is 9.78 Å². The van der Waals surface area contributed by atoms with Crippen LogP contribution >= 0.6 is 11.6 Å². The maximum atomic E-state index is 12.0. The average Bonchev–Trinajstić information content (AvgIpc) is 2.86. The highest BCUT2D eigenvalue weighted by Crippen LogP contribution is 2.32. The van der Waals surface area contributed by atoms with Crippen LogP contribution in [0.25, 0.3) is 10.9 Å². The largest absolute Gasteiger partial charge is 0.461 e. The van der Waals surface area contributed by atoms with Crippen LogP contribution in [0.3, 0.4) is 0 Å². The predicted molar refractivity (Wildman–Crippen MR) is 88.2 cm³/mol. The number of fused-ring (bicyclic) bond motifs is 1. The Hall–Kier alpha value is -2.53. The molecule has 0 saturated heterocycles. The van der Waals surface area contributed by atoms with Gasteiger partial charge in [-0.05, 0) is 25.1 Å². The molecule has 0 saturated carbocycles. The van der Waals surface area contributed by atoms with Gasteiger partial charge in [-0.1, -0.05) is 23.7 Å². The number of aromatic nitrogens is 2. The van der Waals surface area contributed by atoms with Gasteiger partial charge in [0.1, 0.15) is 16.6 Å². The van der Waals surface area contributed by atoms with Crippen LogP contribution in [0.2, 0.25) is 5.15 Å². The molecule has 3 rings (SSSR count). The number of rotatable bonds is 4. The van der Waals surface area contributed by atoms with Crippen LogP contribution in [0.4, 0.5) is 0 Å². The van der Waals surface area contributed by atoms with E-state index in [1.54, 1.807) is 42.9 Å². The number of carbonyl (C=O) groups excluding carboxylic acids is 1. The number of pyridine rings is 1. The molecule has 0 spiro atoms. The van der Waals surface area contributed by atoms with E-state index >= 15 is 0 Å². The summed E-state index contributed by atoms with van der Waals surface area (Å²) < 4.78 is 12.8. The fourth-order valence-corrected chi connectivity index (χ4v) is 2.60. The zero-order chi connectivity index (χ0) is 16.4. The van der Waals surface area contributed by atoms with Crippen LogP contribution in [0, 0.1) is 0 Å². The molecule has 118 valence electrons. The third-order valence-electron chi connectivity index (χ3n) is 3.43. The summed E-state index contributed by atoms with van der Waals surface area (Å²) >= 11 is 5.88. The number of para-hydroxylation sites is 1. The van der Waals surface area contributed by atoms with Crippen molar-refractivity contribution in [1.82, 2.24) is 9.55 Å². The Kier molecular flexibility index (Phi) is 4.21. The summed E-state index contributed by atoms with van der Waals surface area (Å²) in [4.78, 5) is 16.0. The first kappa shape index (κ1) is 15.4. The van der Waals surface area contributed by atoms with Crippen molar-refractivity contribution in [2.45, 2.75) is 6.92 Å². The summed E-state index contributed by atoms with van der Waals surface area (Å²) in [5.74, 6) is 0.850. The van der Waals surface area contributed by atoms with Crippen molar-refractivity contribution < 1.29 is 14.3 Å². The maximum Gasteiger partial charge on any atom is 0.354 e. The van der Waals surface area contributed by atoms with Crippen molar-refractivity contribution in [3.05, 3.63) is 53.4 Å². The van der Waals surface area contributed by atoms with Crippen molar-refractivity contribution in [3.63, 3.8) is 0 Å². The second-order valence-electron chi connectivity index (χ2n) is 4.92. The van der Waals surface area contributed by atoms with Gasteiger partial charge < -0.3 is 14.0 Å². The first-order valence-electron chi connectivity index (χ1n) is 7.15. The average molecular weight is 331 g/mol. The molecule has 2 aromatic heterocycles. The van der Waals surface area contributed by atoms with Gasteiger partial charge in [-0.15, -0.1) is 0 Å². The first-order chi connectivity index (χ1) is 11.1. The Morgan fingerprint density at radius 2 is 2.13 bits per heavy atom. The lowest BCUT2D eigenvalue weighted by Crippen LogP contribution is -2.09. The maximum absolute atomic E-state index is 12.0. The summed E-state index contributed by atoms with van der Waals surface area (Å²) in [7, 11) is 1.81. The number of halogens is 1. The van der Waals surface area contributed by atoms with Crippen molar-refractivity contribution >= 4 is 28.5 Å². The van der Waals surface area contributed by atoms with Gasteiger partial charge in [-0.3, -0.25) is 0 Å². The molecule has 23 heavy (non-hydrogen) atoms. The van der Waals surface area contributed by atoms with E-state index in [2.05, 4.69) is 4.98 Å². The van der Waals surface area contributed by atoms with E-state index in [0.717, 1.165) is 10.9 Å². The minimum atomic E-state index is -0.357. The van der Waals surface area contributed by atoms with Crippen LogP contribution < -0.4 is 4.74 Å². The fraction of sp³-hybridized carbons (Fsp3) is 0.176. The SMILES string of the molecule is CCOC(=O)c1cc2cccc(Oc3ccnc(Cl)c3)c2n1C. The number of esters is 1. The number of hydrogen-bond donors (Lipinski definition) is 0. The van der Waals surface area contributed by atoms with E-state index in [0.29, 0.717) is 29.0 Å². The summed E-state index contributed by atoms with van der Waals surface area (Å²) in [5.41, 5.74) is 1.29. The molecule has 2 heterocycles. The standard InChI is InChI=1S/C17H15ClN2O3/c1-3-22-17(21)13-9-11-5-4-6-14(16(11)20(13)2)23-12-7-8-19-15(18)10-12/h4-10H,3H2,1-2H3. The van der Waals surface area contributed by atoms with Crippen molar-refractivity contribution in [1.29, 1.82) is 0 Å².